The van der Waals surface area contributed by atoms with Gasteiger partial charge in [0.05, 0.1) is 18.8 Å². The minimum atomic E-state index is -0.725. The Kier molecular flexibility index (Phi) is 5.29. The highest BCUT2D eigenvalue weighted by atomic mass is 16.5. The van der Waals surface area contributed by atoms with Crippen LogP contribution in [0.4, 0.5) is 0 Å². The smallest absolute Gasteiger partial charge is 0.328 e. The monoisotopic (exact) mass is 404 g/mol. The molecule has 10 heteroatoms. The van der Waals surface area contributed by atoms with Crippen LogP contribution in [-0.2, 0) is 13.1 Å². The number of nitrogens with zero attached hydrogens (tertiary/aromatic N) is 4. The summed E-state index contributed by atoms with van der Waals surface area (Å²) in [6.45, 7) is -0.127. The number of carbonyl (C=O) groups excluding carboxylic acids is 1. The van der Waals surface area contributed by atoms with Crippen molar-refractivity contribution in [1.29, 1.82) is 0 Å². The maximum atomic E-state index is 12.6. The van der Waals surface area contributed by atoms with Crippen molar-refractivity contribution in [2.75, 3.05) is 0 Å². The van der Waals surface area contributed by atoms with Gasteiger partial charge in [-0.1, -0.05) is 41.6 Å². The maximum absolute atomic E-state index is 12.6. The van der Waals surface area contributed by atoms with Crippen LogP contribution in [0.1, 0.15) is 21.9 Å². The van der Waals surface area contributed by atoms with E-state index in [1.807, 2.05) is 30.3 Å². The van der Waals surface area contributed by atoms with Crippen molar-refractivity contribution >= 4 is 5.91 Å². The Labute approximate surface area is 169 Å². The first-order valence-electron chi connectivity index (χ1n) is 9.00. The summed E-state index contributed by atoms with van der Waals surface area (Å²) in [6.07, 6.45) is 2.64. The van der Waals surface area contributed by atoms with Gasteiger partial charge >= 0.3 is 5.69 Å². The zero-order valence-corrected chi connectivity index (χ0v) is 15.6. The molecular formula is C20H16N6O4. The molecule has 0 saturated heterocycles. The Hall–Kier alpha value is -4.34. The number of H-pyrrole nitrogens is 1. The fraction of sp³-hybridized carbons (Fsp3) is 0.100. The molecule has 1 aromatic carbocycles. The second kappa shape index (κ2) is 8.35. The van der Waals surface area contributed by atoms with E-state index in [2.05, 4.69) is 25.4 Å². The fourth-order valence-electron chi connectivity index (χ4n) is 2.75. The number of aromatic amines is 1. The molecule has 150 valence electrons. The van der Waals surface area contributed by atoms with Crippen LogP contribution in [0.2, 0.25) is 0 Å². The first-order chi connectivity index (χ1) is 14.6. The highest BCUT2D eigenvalue weighted by molar-refractivity contribution is 5.93. The highest BCUT2D eigenvalue weighted by Crippen LogP contribution is 2.14. The number of pyridine rings is 1. The molecule has 10 nitrogen and oxygen atoms in total. The van der Waals surface area contributed by atoms with Crippen LogP contribution in [0.15, 0.2) is 75.0 Å². The normalized spacial score (nSPS) is 10.7. The van der Waals surface area contributed by atoms with E-state index in [0.717, 1.165) is 16.3 Å². The highest BCUT2D eigenvalue weighted by Gasteiger charge is 2.16. The molecular weight excluding hydrogens is 388 g/mol. The lowest BCUT2D eigenvalue weighted by molar-refractivity contribution is 0.0943. The van der Waals surface area contributed by atoms with E-state index in [0.29, 0.717) is 11.5 Å². The lowest BCUT2D eigenvalue weighted by Gasteiger charge is -2.07. The SMILES string of the molecule is O=C(NCc1nc(-c2ccccc2)no1)c1c[nH]c(=O)n(Cc2ccccn2)c1=O. The largest absolute Gasteiger partial charge is 0.343 e. The van der Waals surface area contributed by atoms with Crippen LogP contribution in [0, 0.1) is 0 Å². The molecule has 4 rings (SSSR count). The van der Waals surface area contributed by atoms with E-state index in [1.54, 1.807) is 24.4 Å². The van der Waals surface area contributed by atoms with Gasteiger partial charge in [-0.15, -0.1) is 0 Å². The third-order valence-corrected chi connectivity index (χ3v) is 4.25. The Morgan fingerprint density at radius 1 is 1.10 bits per heavy atom. The molecule has 0 unspecified atom stereocenters. The zero-order valence-electron chi connectivity index (χ0n) is 15.6. The molecule has 0 atom stereocenters. The Morgan fingerprint density at radius 3 is 2.67 bits per heavy atom. The fourth-order valence-corrected chi connectivity index (χ4v) is 2.75. The zero-order chi connectivity index (χ0) is 20.9. The van der Waals surface area contributed by atoms with Gasteiger partial charge in [0, 0.05) is 18.0 Å². The Bertz CT molecular complexity index is 1280. The number of amides is 1. The number of carbonyl (C=O) groups is 1. The molecule has 1 amide bonds. The summed E-state index contributed by atoms with van der Waals surface area (Å²) < 4.78 is 6.05. The van der Waals surface area contributed by atoms with Crippen LogP contribution in [0.25, 0.3) is 11.4 Å². The summed E-state index contributed by atoms with van der Waals surface area (Å²) in [5.74, 6) is -0.104. The summed E-state index contributed by atoms with van der Waals surface area (Å²) in [7, 11) is 0. The minimum Gasteiger partial charge on any atom is -0.343 e. The number of hydrogen-bond acceptors (Lipinski definition) is 7. The van der Waals surface area contributed by atoms with Crippen molar-refractivity contribution in [2.24, 2.45) is 0 Å². The molecule has 4 aromatic rings. The molecule has 3 aromatic heterocycles. The van der Waals surface area contributed by atoms with Crippen molar-refractivity contribution < 1.29 is 9.32 Å². The van der Waals surface area contributed by atoms with E-state index in [1.165, 1.54) is 0 Å². The Morgan fingerprint density at radius 2 is 1.90 bits per heavy atom. The summed E-state index contributed by atoms with van der Waals surface area (Å²) in [4.78, 5) is 47.9. The summed E-state index contributed by atoms with van der Waals surface area (Å²) in [5, 5.41) is 6.41. The first kappa shape index (κ1) is 19.0. The minimum absolute atomic E-state index is 0.0553. The molecule has 0 aliphatic heterocycles. The van der Waals surface area contributed by atoms with Crippen LogP contribution < -0.4 is 16.6 Å². The van der Waals surface area contributed by atoms with E-state index < -0.39 is 17.2 Å². The van der Waals surface area contributed by atoms with Crippen LogP contribution in [0.3, 0.4) is 0 Å². The standard InChI is InChI=1S/C20H16N6O4/c27-18(22-11-16-24-17(25-30-16)13-6-2-1-3-7-13)15-10-23-20(29)26(19(15)28)12-14-8-4-5-9-21-14/h1-10H,11-12H2,(H,22,27)(H,23,29). The van der Waals surface area contributed by atoms with E-state index in [-0.39, 0.29) is 24.5 Å². The van der Waals surface area contributed by atoms with Gasteiger partial charge in [-0.05, 0) is 12.1 Å². The van der Waals surface area contributed by atoms with E-state index >= 15 is 0 Å². The van der Waals surface area contributed by atoms with Gasteiger partial charge in [0.15, 0.2) is 0 Å². The van der Waals surface area contributed by atoms with Gasteiger partial charge in [-0.2, -0.15) is 4.98 Å². The van der Waals surface area contributed by atoms with Crippen LogP contribution in [-0.4, -0.2) is 30.6 Å². The van der Waals surface area contributed by atoms with Crippen molar-refractivity contribution in [3.63, 3.8) is 0 Å². The second-order valence-corrected chi connectivity index (χ2v) is 6.28. The molecule has 0 aliphatic carbocycles. The van der Waals surface area contributed by atoms with Crippen molar-refractivity contribution in [3.8, 4) is 11.4 Å². The molecule has 0 bridgehead atoms. The van der Waals surface area contributed by atoms with Gasteiger partial charge in [0.25, 0.3) is 11.5 Å². The van der Waals surface area contributed by atoms with E-state index in [4.69, 9.17) is 4.52 Å². The number of nitrogens with one attached hydrogen (secondary N) is 2. The lowest BCUT2D eigenvalue weighted by Crippen LogP contribution is -2.40. The quantitative estimate of drug-likeness (QED) is 0.488. The van der Waals surface area contributed by atoms with Gasteiger partial charge in [0.2, 0.25) is 11.7 Å². The Balaban J connectivity index is 1.49. The third-order valence-electron chi connectivity index (χ3n) is 4.25. The van der Waals surface area contributed by atoms with Gasteiger partial charge < -0.3 is 14.8 Å². The molecule has 30 heavy (non-hydrogen) atoms. The van der Waals surface area contributed by atoms with Crippen LogP contribution >= 0.6 is 0 Å². The molecule has 0 aliphatic rings. The molecule has 0 fully saturated rings. The molecule has 2 N–H and O–H groups in total. The van der Waals surface area contributed by atoms with Crippen LogP contribution in [0.5, 0.6) is 0 Å². The van der Waals surface area contributed by atoms with Gasteiger partial charge in [-0.25, -0.2) is 4.79 Å². The van der Waals surface area contributed by atoms with Crippen molar-refractivity contribution in [1.82, 2.24) is 30.0 Å². The second-order valence-electron chi connectivity index (χ2n) is 6.28. The molecule has 0 saturated carbocycles. The van der Waals surface area contributed by atoms with E-state index in [9.17, 15) is 14.4 Å². The number of aromatic nitrogens is 5. The predicted octanol–water partition coefficient (Wildman–Crippen LogP) is 0.960. The molecule has 3 heterocycles. The summed E-state index contributed by atoms with van der Waals surface area (Å²) in [5.41, 5.74) is -0.281. The summed E-state index contributed by atoms with van der Waals surface area (Å²) in [6, 6.07) is 14.4. The number of rotatable bonds is 6. The topological polar surface area (TPSA) is 136 Å². The predicted molar refractivity (Wildman–Crippen MR) is 106 cm³/mol. The number of benzene rings is 1. The van der Waals surface area contributed by atoms with Crippen molar-refractivity contribution in [2.45, 2.75) is 13.1 Å². The molecule has 0 radical (unpaired) electrons. The maximum Gasteiger partial charge on any atom is 0.328 e. The van der Waals surface area contributed by atoms with Crippen molar-refractivity contribution in [3.05, 3.63) is 98.9 Å². The van der Waals surface area contributed by atoms with Gasteiger partial charge in [-0.3, -0.25) is 19.1 Å². The number of hydrogen-bond donors (Lipinski definition) is 2. The average molecular weight is 404 g/mol. The average Bonchev–Trinajstić information content (AvgIpc) is 3.25. The third kappa shape index (κ3) is 4.07. The lowest BCUT2D eigenvalue weighted by atomic mass is 10.2. The first-order valence-corrected chi connectivity index (χ1v) is 9.00. The summed E-state index contributed by atoms with van der Waals surface area (Å²) >= 11 is 0. The van der Waals surface area contributed by atoms with Gasteiger partial charge in [0.1, 0.15) is 5.56 Å². The molecule has 0 spiro atoms.